The lowest BCUT2D eigenvalue weighted by Gasteiger charge is -2.20. The zero-order chi connectivity index (χ0) is 15.4. The molecule has 1 aliphatic heterocycles. The fourth-order valence-electron chi connectivity index (χ4n) is 3.62. The standard InChI is InChI=1S/C16H23N3O2S/c20-15(18-16(21)17-12-5-1-2-6-12)11-19-9-3-7-13(19)14-8-4-10-22-14/h4,8,10,12-13H,1-3,5-7,9,11H2,(H2,17,18,20,21)/p+1/t13-/m0/s1. The van der Waals surface area contributed by atoms with E-state index >= 15 is 0 Å². The molecular weight excluding hydrogens is 298 g/mol. The molecule has 120 valence electrons. The Morgan fingerprint density at radius 3 is 2.77 bits per heavy atom. The molecule has 1 aliphatic carbocycles. The Morgan fingerprint density at radius 2 is 2.05 bits per heavy atom. The summed E-state index contributed by atoms with van der Waals surface area (Å²) in [4.78, 5) is 26.6. The number of thiophene rings is 1. The van der Waals surface area contributed by atoms with Gasteiger partial charge in [0.1, 0.15) is 6.04 Å². The van der Waals surface area contributed by atoms with Gasteiger partial charge in [-0.1, -0.05) is 18.9 Å². The maximum atomic E-state index is 12.1. The number of nitrogens with one attached hydrogen (secondary N) is 3. The van der Waals surface area contributed by atoms with Crippen LogP contribution in [0.4, 0.5) is 4.79 Å². The molecule has 1 aromatic rings. The fraction of sp³-hybridized carbons (Fsp3) is 0.625. The van der Waals surface area contributed by atoms with Crippen LogP contribution < -0.4 is 15.5 Å². The molecule has 5 nitrogen and oxygen atoms in total. The normalized spacial score (nSPS) is 25.3. The van der Waals surface area contributed by atoms with E-state index in [2.05, 4.69) is 28.1 Å². The molecular formula is C16H24N3O2S+. The van der Waals surface area contributed by atoms with Gasteiger partial charge in [-0.25, -0.2) is 4.79 Å². The molecule has 0 bridgehead atoms. The Morgan fingerprint density at radius 1 is 1.23 bits per heavy atom. The zero-order valence-electron chi connectivity index (χ0n) is 12.8. The molecule has 0 aromatic carbocycles. The number of carbonyl (C=O) groups excluding carboxylic acids is 2. The largest absolute Gasteiger partial charge is 0.335 e. The summed E-state index contributed by atoms with van der Waals surface area (Å²) in [5.74, 6) is -0.172. The molecule has 6 heteroatoms. The van der Waals surface area contributed by atoms with Crippen molar-refractivity contribution in [2.45, 2.75) is 50.6 Å². The van der Waals surface area contributed by atoms with E-state index in [1.54, 1.807) is 11.3 Å². The molecule has 3 N–H and O–H groups in total. The van der Waals surface area contributed by atoms with Crippen LogP contribution in [0.25, 0.3) is 0 Å². The molecule has 2 aliphatic rings. The Kier molecular flexibility index (Phi) is 5.10. The van der Waals surface area contributed by atoms with Gasteiger partial charge < -0.3 is 10.2 Å². The van der Waals surface area contributed by atoms with Crippen LogP contribution in [0, 0.1) is 0 Å². The summed E-state index contributed by atoms with van der Waals surface area (Å²) in [5.41, 5.74) is 0. The smallest absolute Gasteiger partial charge is 0.321 e. The van der Waals surface area contributed by atoms with Gasteiger partial charge in [-0.2, -0.15) is 0 Å². The van der Waals surface area contributed by atoms with Gasteiger partial charge in [-0.15, -0.1) is 11.3 Å². The van der Waals surface area contributed by atoms with E-state index in [-0.39, 0.29) is 18.0 Å². The highest BCUT2D eigenvalue weighted by Gasteiger charge is 2.32. The van der Waals surface area contributed by atoms with E-state index in [0.717, 1.165) is 32.2 Å². The molecule has 1 saturated carbocycles. The van der Waals surface area contributed by atoms with Crippen molar-refractivity contribution >= 4 is 23.3 Å². The molecule has 1 unspecified atom stereocenters. The Labute approximate surface area is 135 Å². The van der Waals surface area contributed by atoms with Gasteiger partial charge in [0.05, 0.1) is 11.4 Å². The second kappa shape index (κ2) is 7.24. The molecule has 22 heavy (non-hydrogen) atoms. The number of imide groups is 1. The minimum atomic E-state index is -0.330. The third-order valence-electron chi connectivity index (χ3n) is 4.70. The van der Waals surface area contributed by atoms with E-state index in [1.807, 2.05) is 0 Å². The number of rotatable bonds is 4. The van der Waals surface area contributed by atoms with Crippen molar-refractivity contribution in [3.8, 4) is 0 Å². The minimum absolute atomic E-state index is 0.172. The molecule has 1 aromatic heterocycles. The summed E-state index contributed by atoms with van der Waals surface area (Å²) in [6.45, 7) is 1.38. The molecule has 0 radical (unpaired) electrons. The minimum Gasteiger partial charge on any atom is -0.335 e. The average Bonchev–Trinajstić information content (AvgIpc) is 3.19. The van der Waals surface area contributed by atoms with Gasteiger partial charge >= 0.3 is 6.03 Å². The Balaban J connectivity index is 1.47. The predicted octanol–water partition coefficient (Wildman–Crippen LogP) is 1.24. The van der Waals surface area contributed by atoms with Crippen LogP contribution in [0.5, 0.6) is 0 Å². The molecule has 2 fully saturated rings. The van der Waals surface area contributed by atoms with Crippen LogP contribution in [0.2, 0.25) is 0 Å². The van der Waals surface area contributed by atoms with Crippen molar-refractivity contribution < 1.29 is 14.5 Å². The van der Waals surface area contributed by atoms with Crippen molar-refractivity contribution in [3.05, 3.63) is 22.4 Å². The third kappa shape index (κ3) is 3.87. The molecule has 2 heterocycles. The van der Waals surface area contributed by atoms with Crippen LogP contribution >= 0.6 is 11.3 Å². The van der Waals surface area contributed by atoms with Crippen LogP contribution in [0.15, 0.2) is 17.5 Å². The van der Waals surface area contributed by atoms with E-state index in [1.165, 1.54) is 22.6 Å². The van der Waals surface area contributed by atoms with Gasteiger partial charge in [0.15, 0.2) is 6.54 Å². The number of amides is 3. The lowest BCUT2D eigenvalue weighted by molar-refractivity contribution is -0.910. The second-order valence-electron chi connectivity index (χ2n) is 6.30. The molecule has 1 saturated heterocycles. The van der Waals surface area contributed by atoms with Gasteiger partial charge in [0.2, 0.25) is 0 Å². The van der Waals surface area contributed by atoms with Crippen molar-refractivity contribution in [2.75, 3.05) is 13.1 Å². The summed E-state index contributed by atoms with van der Waals surface area (Å²) < 4.78 is 0. The monoisotopic (exact) mass is 322 g/mol. The number of hydrogen-bond acceptors (Lipinski definition) is 3. The lowest BCUT2D eigenvalue weighted by atomic mass is 10.2. The zero-order valence-corrected chi connectivity index (χ0v) is 13.6. The molecule has 0 spiro atoms. The number of hydrogen-bond donors (Lipinski definition) is 3. The summed E-state index contributed by atoms with van der Waals surface area (Å²) in [6, 6.07) is 4.52. The Bertz CT molecular complexity index is 511. The van der Waals surface area contributed by atoms with E-state index in [0.29, 0.717) is 12.6 Å². The lowest BCUT2D eigenvalue weighted by Crippen LogP contribution is -3.11. The summed E-state index contributed by atoms with van der Waals surface area (Å²) in [6.07, 6.45) is 6.65. The van der Waals surface area contributed by atoms with Gasteiger partial charge in [0.25, 0.3) is 5.91 Å². The number of carbonyl (C=O) groups is 2. The predicted molar refractivity (Wildman–Crippen MR) is 85.9 cm³/mol. The van der Waals surface area contributed by atoms with E-state index < -0.39 is 0 Å². The van der Waals surface area contributed by atoms with Crippen molar-refractivity contribution in [3.63, 3.8) is 0 Å². The average molecular weight is 322 g/mol. The SMILES string of the molecule is O=C(C[NH+]1CCC[C@H]1c1cccs1)NC(=O)NC1CCCC1. The highest BCUT2D eigenvalue weighted by atomic mass is 32.1. The van der Waals surface area contributed by atoms with Gasteiger partial charge in [-0.3, -0.25) is 10.1 Å². The van der Waals surface area contributed by atoms with E-state index in [9.17, 15) is 9.59 Å². The topological polar surface area (TPSA) is 62.6 Å². The first kappa shape index (κ1) is 15.5. The fourth-order valence-corrected chi connectivity index (χ4v) is 4.55. The maximum Gasteiger partial charge on any atom is 0.321 e. The van der Waals surface area contributed by atoms with Crippen LogP contribution in [-0.2, 0) is 4.79 Å². The Hall–Kier alpha value is -1.40. The first-order valence-corrected chi connectivity index (χ1v) is 9.08. The maximum absolute atomic E-state index is 12.1. The highest BCUT2D eigenvalue weighted by Crippen LogP contribution is 2.23. The molecule has 3 rings (SSSR count). The first-order chi connectivity index (χ1) is 10.7. The van der Waals surface area contributed by atoms with Crippen molar-refractivity contribution in [1.29, 1.82) is 0 Å². The van der Waals surface area contributed by atoms with Crippen LogP contribution in [0.3, 0.4) is 0 Å². The summed E-state index contributed by atoms with van der Waals surface area (Å²) in [7, 11) is 0. The molecule has 2 atom stereocenters. The third-order valence-corrected chi connectivity index (χ3v) is 5.69. The molecule has 3 amide bonds. The number of urea groups is 1. The highest BCUT2D eigenvalue weighted by molar-refractivity contribution is 7.10. The number of likely N-dealkylation sites (tertiary alicyclic amines) is 1. The quantitative estimate of drug-likeness (QED) is 0.781. The summed E-state index contributed by atoms with van der Waals surface area (Å²) >= 11 is 1.75. The van der Waals surface area contributed by atoms with E-state index in [4.69, 9.17) is 0 Å². The van der Waals surface area contributed by atoms with Crippen LogP contribution in [-0.4, -0.2) is 31.1 Å². The first-order valence-electron chi connectivity index (χ1n) is 8.20. The number of quaternary nitrogens is 1. The van der Waals surface area contributed by atoms with Crippen molar-refractivity contribution in [1.82, 2.24) is 10.6 Å². The van der Waals surface area contributed by atoms with Crippen molar-refractivity contribution in [2.24, 2.45) is 0 Å². The van der Waals surface area contributed by atoms with Crippen LogP contribution in [0.1, 0.15) is 49.4 Å². The van der Waals surface area contributed by atoms with Gasteiger partial charge in [0, 0.05) is 18.9 Å². The van der Waals surface area contributed by atoms with Gasteiger partial charge in [-0.05, 0) is 24.3 Å². The second-order valence-corrected chi connectivity index (χ2v) is 7.28. The summed E-state index contributed by atoms with van der Waals surface area (Å²) in [5, 5.41) is 7.47.